The van der Waals surface area contributed by atoms with Crippen LogP contribution < -0.4 is 4.72 Å². The van der Waals surface area contributed by atoms with Gasteiger partial charge in [-0.2, -0.15) is 17.4 Å². The molecule has 0 fully saturated rings. The molecular formula is C13H20N2O4S. The number of aliphatic hydroxyl groups excluding tert-OH is 2. The number of rotatable bonds is 5. The maximum absolute atomic E-state index is 12.3. The number of hydrogen-bond acceptors (Lipinski definition) is 4. The quantitative estimate of drug-likeness (QED) is 0.691. The van der Waals surface area contributed by atoms with Crippen LogP contribution in [0.3, 0.4) is 0 Å². The Balaban J connectivity index is 2.16. The number of fused-ring (bicyclic) bond motifs is 1. The maximum atomic E-state index is 12.3. The smallest absolute Gasteiger partial charge is 0.280 e. The molecule has 1 aliphatic heterocycles. The van der Waals surface area contributed by atoms with Crippen LogP contribution in [0.4, 0.5) is 0 Å². The Hall–Kier alpha value is -0.990. The molecule has 0 aliphatic carbocycles. The van der Waals surface area contributed by atoms with E-state index in [1.807, 2.05) is 24.3 Å². The Labute approximate surface area is 119 Å². The van der Waals surface area contributed by atoms with Gasteiger partial charge in [-0.05, 0) is 24.5 Å². The SMILES string of the molecule is CC(CO)(CO)NS(=O)(=O)N1CCc2ccccc2C1. The first-order chi connectivity index (χ1) is 9.40. The number of nitrogens with zero attached hydrogens (tertiary/aromatic N) is 1. The zero-order chi connectivity index (χ0) is 14.8. The van der Waals surface area contributed by atoms with Gasteiger partial charge in [0, 0.05) is 13.1 Å². The number of aliphatic hydroxyl groups is 2. The predicted octanol–water partition coefficient (Wildman–Crippen LogP) is -0.378. The van der Waals surface area contributed by atoms with Gasteiger partial charge < -0.3 is 10.2 Å². The zero-order valence-corrected chi connectivity index (χ0v) is 12.2. The zero-order valence-electron chi connectivity index (χ0n) is 11.4. The first-order valence-electron chi connectivity index (χ1n) is 6.48. The molecule has 0 saturated heterocycles. The second-order valence-electron chi connectivity index (χ2n) is 5.34. The van der Waals surface area contributed by atoms with E-state index in [4.69, 9.17) is 0 Å². The molecule has 0 aromatic heterocycles. The van der Waals surface area contributed by atoms with Gasteiger partial charge in [-0.15, -0.1) is 0 Å². The fourth-order valence-corrected chi connectivity index (χ4v) is 3.69. The summed E-state index contributed by atoms with van der Waals surface area (Å²) in [6, 6.07) is 7.73. The van der Waals surface area contributed by atoms with E-state index in [1.54, 1.807) is 0 Å². The van der Waals surface area contributed by atoms with E-state index in [0.29, 0.717) is 19.5 Å². The van der Waals surface area contributed by atoms with Gasteiger partial charge in [-0.3, -0.25) is 0 Å². The largest absolute Gasteiger partial charge is 0.394 e. The molecule has 1 aromatic rings. The van der Waals surface area contributed by atoms with E-state index in [0.717, 1.165) is 11.1 Å². The normalized spacial score (nSPS) is 16.9. The van der Waals surface area contributed by atoms with Gasteiger partial charge in [0.15, 0.2) is 0 Å². The standard InChI is InChI=1S/C13H20N2O4S/c1-13(9-16,10-17)14-20(18,19)15-7-6-11-4-2-3-5-12(11)8-15/h2-5,14,16-17H,6-10H2,1H3. The number of nitrogens with one attached hydrogen (secondary N) is 1. The highest BCUT2D eigenvalue weighted by atomic mass is 32.2. The second kappa shape index (κ2) is 5.79. The van der Waals surface area contributed by atoms with Crippen LogP contribution in [0, 0.1) is 0 Å². The third-order valence-corrected chi connectivity index (χ3v) is 5.25. The lowest BCUT2D eigenvalue weighted by atomic mass is 10.0. The van der Waals surface area contributed by atoms with Gasteiger partial charge in [0.1, 0.15) is 0 Å². The van der Waals surface area contributed by atoms with Crippen molar-refractivity contribution in [2.75, 3.05) is 19.8 Å². The molecule has 0 spiro atoms. The monoisotopic (exact) mass is 300 g/mol. The Morgan fingerprint density at radius 2 is 1.85 bits per heavy atom. The van der Waals surface area contributed by atoms with E-state index in [-0.39, 0.29) is 0 Å². The van der Waals surface area contributed by atoms with Crippen molar-refractivity contribution in [3.05, 3.63) is 35.4 Å². The lowest BCUT2D eigenvalue weighted by molar-refractivity contribution is 0.120. The topological polar surface area (TPSA) is 89.9 Å². The van der Waals surface area contributed by atoms with Gasteiger partial charge in [0.25, 0.3) is 10.2 Å². The minimum absolute atomic E-state index is 0.304. The van der Waals surface area contributed by atoms with E-state index < -0.39 is 29.0 Å². The van der Waals surface area contributed by atoms with Crippen molar-refractivity contribution in [3.8, 4) is 0 Å². The lowest BCUT2D eigenvalue weighted by Gasteiger charge is -2.33. The Bertz CT molecular complexity index is 569. The molecule has 0 atom stereocenters. The fourth-order valence-electron chi connectivity index (χ4n) is 2.17. The van der Waals surface area contributed by atoms with Crippen LogP contribution in [0.1, 0.15) is 18.1 Å². The maximum Gasteiger partial charge on any atom is 0.280 e. The molecule has 1 aromatic carbocycles. The lowest BCUT2D eigenvalue weighted by Crippen LogP contribution is -2.56. The highest BCUT2D eigenvalue weighted by Crippen LogP contribution is 2.21. The summed E-state index contributed by atoms with van der Waals surface area (Å²) in [6.07, 6.45) is 0.659. The van der Waals surface area contributed by atoms with Crippen LogP contribution in [-0.4, -0.2) is 48.2 Å². The molecular weight excluding hydrogens is 280 g/mol. The highest BCUT2D eigenvalue weighted by molar-refractivity contribution is 7.87. The van der Waals surface area contributed by atoms with E-state index in [9.17, 15) is 18.6 Å². The third-order valence-electron chi connectivity index (χ3n) is 3.51. The van der Waals surface area contributed by atoms with Crippen molar-refractivity contribution in [1.29, 1.82) is 0 Å². The molecule has 0 bridgehead atoms. The van der Waals surface area contributed by atoms with Gasteiger partial charge >= 0.3 is 0 Å². The van der Waals surface area contributed by atoms with E-state index >= 15 is 0 Å². The average molecular weight is 300 g/mol. The van der Waals surface area contributed by atoms with Crippen LogP contribution in [0.5, 0.6) is 0 Å². The molecule has 6 nitrogen and oxygen atoms in total. The Kier molecular flexibility index (Phi) is 4.46. The minimum Gasteiger partial charge on any atom is -0.394 e. The minimum atomic E-state index is -3.74. The molecule has 0 amide bonds. The van der Waals surface area contributed by atoms with Gasteiger partial charge in [0.2, 0.25) is 0 Å². The van der Waals surface area contributed by atoms with Crippen molar-refractivity contribution in [2.45, 2.75) is 25.4 Å². The van der Waals surface area contributed by atoms with Crippen LogP contribution in [-0.2, 0) is 23.2 Å². The van der Waals surface area contributed by atoms with Crippen LogP contribution in [0.2, 0.25) is 0 Å². The van der Waals surface area contributed by atoms with Crippen molar-refractivity contribution in [1.82, 2.24) is 9.03 Å². The van der Waals surface area contributed by atoms with Crippen molar-refractivity contribution >= 4 is 10.2 Å². The first-order valence-corrected chi connectivity index (χ1v) is 7.92. The molecule has 0 unspecified atom stereocenters. The fraction of sp³-hybridized carbons (Fsp3) is 0.538. The summed E-state index contributed by atoms with van der Waals surface area (Å²) in [5.74, 6) is 0. The summed E-state index contributed by atoms with van der Waals surface area (Å²) >= 11 is 0. The van der Waals surface area contributed by atoms with Crippen LogP contribution in [0.15, 0.2) is 24.3 Å². The van der Waals surface area contributed by atoms with Gasteiger partial charge in [-0.25, -0.2) is 0 Å². The van der Waals surface area contributed by atoms with E-state index in [1.165, 1.54) is 11.2 Å². The summed E-state index contributed by atoms with van der Waals surface area (Å²) in [4.78, 5) is 0. The molecule has 1 heterocycles. The average Bonchev–Trinajstić information content (AvgIpc) is 2.46. The summed E-state index contributed by atoms with van der Waals surface area (Å²) in [5.41, 5.74) is 0.889. The van der Waals surface area contributed by atoms with Crippen molar-refractivity contribution < 1.29 is 18.6 Å². The van der Waals surface area contributed by atoms with Crippen LogP contribution >= 0.6 is 0 Å². The summed E-state index contributed by atoms with van der Waals surface area (Å²) in [6.45, 7) is 1.22. The molecule has 0 radical (unpaired) electrons. The molecule has 7 heteroatoms. The summed E-state index contributed by atoms with van der Waals surface area (Å²) in [5, 5.41) is 18.4. The Morgan fingerprint density at radius 3 is 2.45 bits per heavy atom. The molecule has 1 aliphatic rings. The Morgan fingerprint density at radius 1 is 1.25 bits per heavy atom. The van der Waals surface area contributed by atoms with Crippen molar-refractivity contribution in [2.24, 2.45) is 0 Å². The highest BCUT2D eigenvalue weighted by Gasteiger charge is 2.33. The van der Waals surface area contributed by atoms with Crippen molar-refractivity contribution in [3.63, 3.8) is 0 Å². The predicted molar refractivity (Wildman–Crippen MR) is 75.2 cm³/mol. The molecule has 20 heavy (non-hydrogen) atoms. The van der Waals surface area contributed by atoms with Gasteiger partial charge in [-0.1, -0.05) is 24.3 Å². The second-order valence-corrected chi connectivity index (χ2v) is 7.01. The molecule has 112 valence electrons. The number of hydrogen-bond donors (Lipinski definition) is 3. The summed E-state index contributed by atoms with van der Waals surface area (Å²) < 4.78 is 28.3. The summed E-state index contributed by atoms with van der Waals surface area (Å²) in [7, 11) is -3.74. The molecule has 2 rings (SSSR count). The van der Waals surface area contributed by atoms with Crippen LogP contribution in [0.25, 0.3) is 0 Å². The number of benzene rings is 1. The first kappa shape index (κ1) is 15.4. The molecule has 3 N–H and O–H groups in total. The van der Waals surface area contributed by atoms with E-state index in [2.05, 4.69) is 4.72 Å². The van der Waals surface area contributed by atoms with Gasteiger partial charge in [0.05, 0.1) is 18.8 Å². The molecule has 0 saturated carbocycles. The third kappa shape index (κ3) is 3.18.